The third-order valence-corrected chi connectivity index (χ3v) is 3.98. The number of carbonyl (C=O) groups is 2. The molecule has 0 fully saturated rings. The lowest BCUT2D eigenvalue weighted by Crippen LogP contribution is -2.37. The molecule has 0 N–H and O–H groups in total. The van der Waals surface area contributed by atoms with Crippen LogP contribution in [-0.4, -0.2) is 40.2 Å². The number of hydrogen-bond donors (Lipinski definition) is 0. The van der Waals surface area contributed by atoms with Gasteiger partial charge < -0.3 is 9.64 Å². The number of methoxy groups -OCH3 is 1. The van der Waals surface area contributed by atoms with E-state index in [1.165, 1.54) is 28.8 Å². The number of benzene rings is 1. The molecule has 0 saturated carbocycles. The smallest absolute Gasteiger partial charge is 0.325 e. The first-order chi connectivity index (χ1) is 12.5. The molecule has 0 spiro atoms. The maximum absolute atomic E-state index is 12.9. The highest BCUT2D eigenvalue weighted by atomic mass is 16.5. The van der Waals surface area contributed by atoms with Crippen molar-refractivity contribution in [3.8, 4) is 0 Å². The summed E-state index contributed by atoms with van der Waals surface area (Å²) in [4.78, 5) is 37.9. The van der Waals surface area contributed by atoms with Crippen LogP contribution >= 0.6 is 0 Å². The number of nitrogens with zero attached hydrogens (tertiary/aromatic N) is 3. The number of ether oxygens (including phenoxy) is 1. The molecule has 0 bridgehead atoms. The van der Waals surface area contributed by atoms with Crippen LogP contribution in [0.2, 0.25) is 0 Å². The third kappa shape index (κ3) is 4.78. The molecular formula is C19H23N3O4. The van der Waals surface area contributed by atoms with Gasteiger partial charge in [0.2, 0.25) is 0 Å². The van der Waals surface area contributed by atoms with Crippen LogP contribution in [0.5, 0.6) is 0 Å². The Morgan fingerprint density at radius 3 is 2.58 bits per heavy atom. The van der Waals surface area contributed by atoms with Gasteiger partial charge in [-0.2, -0.15) is 5.10 Å². The molecule has 1 amide bonds. The normalized spacial score (nSPS) is 10.4. The van der Waals surface area contributed by atoms with E-state index in [4.69, 9.17) is 4.74 Å². The largest absolute Gasteiger partial charge is 0.468 e. The van der Waals surface area contributed by atoms with Crippen LogP contribution < -0.4 is 5.56 Å². The number of rotatable bonds is 7. The highest BCUT2D eigenvalue weighted by molar-refractivity contribution is 5.94. The zero-order valence-electron chi connectivity index (χ0n) is 15.3. The Kier molecular flexibility index (Phi) is 6.66. The molecule has 0 aliphatic heterocycles. The van der Waals surface area contributed by atoms with Gasteiger partial charge in [-0.15, -0.1) is 0 Å². The molecule has 7 heteroatoms. The van der Waals surface area contributed by atoms with E-state index < -0.39 is 11.9 Å². The van der Waals surface area contributed by atoms with Crippen molar-refractivity contribution >= 4 is 11.9 Å². The van der Waals surface area contributed by atoms with Gasteiger partial charge in [-0.05, 0) is 30.5 Å². The lowest BCUT2D eigenvalue weighted by Gasteiger charge is -2.22. The highest BCUT2D eigenvalue weighted by Crippen LogP contribution is 2.12. The van der Waals surface area contributed by atoms with E-state index in [9.17, 15) is 14.4 Å². The predicted molar refractivity (Wildman–Crippen MR) is 96.7 cm³/mol. The number of carbonyl (C=O) groups excluding carboxylic acids is 2. The van der Waals surface area contributed by atoms with Gasteiger partial charge in [-0.3, -0.25) is 14.4 Å². The van der Waals surface area contributed by atoms with Gasteiger partial charge in [0.1, 0.15) is 12.2 Å². The molecule has 2 rings (SSSR count). The molecule has 0 aliphatic rings. The first-order valence-corrected chi connectivity index (χ1v) is 8.45. The Morgan fingerprint density at radius 2 is 1.92 bits per heavy atom. The van der Waals surface area contributed by atoms with Crippen LogP contribution in [0.3, 0.4) is 0 Å². The van der Waals surface area contributed by atoms with Crippen LogP contribution in [0, 0.1) is 6.92 Å². The fourth-order valence-electron chi connectivity index (χ4n) is 2.51. The van der Waals surface area contributed by atoms with Crippen molar-refractivity contribution in [2.24, 2.45) is 0 Å². The summed E-state index contributed by atoms with van der Waals surface area (Å²) in [6.07, 6.45) is 0.722. The van der Waals surface area contributed by atoms with Gasteiger partial charge in [0.15, 0.2) is 0 Å². The Bertz CT molecular complexity index is 845. The second-order valence-electron chi connectivity index (χ2n) is 5.94. The number of aryl methyl sites for hydroxylation is 2. The van der Waals surface area contributed by atoms with Gasteiger partial charge >= 0.3 is 5.97 Å². The van der Waals surface area contributed by atoms with E-state index in [1.54, 1.807) is 0 Å². The van der Waals surface area contributed by atoms with Crippen LogP contribution in [0.25, 0.3) is 0 Å². The molecule has 0 saturated heterocycles. The van der Waals surface area contributed by atoms with E-state index in [0.29, 0.717) is 6.54 Å². The Morgan fingerprint density at radius 1 is 1.19 bits per heavy atom. The maximum Gasteiger partial charge on any atom is 0.325 e. The molecule has 1 heterocycles. The Hall–Kier alpha value is -2.96. The zero-order valence-corrected chi connectivity index (χ0v) is 15.3. The highest BCUT2D eigenvalue weighted by Gasteiger charge is 2.22. The minimum Gasteiger partial charge on any atom is -0.468 e. The number of aromatic nitrogens is 2. The molecule has 26 heavy (non-hydrogen) atoms. The molecule has 0 atom stereocenters. The van der Waals surface area contributed by atoms with E-state index >= 15 is 0 Å². The molecule has 138 valence electrons. The quantitative estimate of drug-likeness (QED) is 0.706. The van der Waals surface area contributed by atoms with E-state index in [-0.39, 0.29) is 24.3 Å². The topological polar surface area (TPSA) is 81.5 Å². The monoisotopic (exact) mass is 357 g/mol. The molecule has 0 unspecified atom stereocenters. The molecule has 1 aromatic heterocycles. The van der Waals surface area contributed by atoms with Crippen molar-refractivity contribution in [2.75, 3.05) is 13.7 Å². The SMILES string of the molecule is CCCn1nc(C(=O)N(CC(=O)OC)Cc2ccccc2C)ccc1=O. The molecular weight excluding hydrogens is 334 g/mol. The molecule has 0 radical (unpaired) electrons. The summed E-state index contributed by atoms with van der Waals surface area (Å²) in [7, 11) is 1.28. The Labute approximate surface area is 152 Å². The van der Waals surface area contributed by atoms with Gasteiger partial charge in [0, 0.05) is 19.2 Å². The standard InChI is InChI=1S/C19H23N3O4/c1-4-11-22-17(23)10-9-16(20-22)19(25)21(13-18(24)26-3)12-15-8-6-5-7-14(15)2/h5-10H,4,11-13H2,1-3H3. The summed E-state index contributed by atoms with van der Waals surface area (Å²) in [6, 6.07) is 10.3. The molecule has 7 nitrogen and oxygen atoms in total. The van der Waals surface area contributed by atoms with Crippen molar-refractivity contribution in [1.82, 2.24) is 14.7 Å². The number of esters is 1. The first-order valence-electron chi connectivity index (χ1n) is 8.45. The second-order valence-corrected chi connectivity index (χ2v) is 5.94. The Balaban J connectivity index is 2.33. The van der Waals surface area contributed by atoms with Crippen molar-refractivity contribution in [3.05, 3.63) is 63.6 Å². The lowest BCUT2D eigenvalue weighted by atomic mass is 10.1. The minimum atomic E-state index is -0.520. The van der Waals surface area contributed by atoms with Crippen molar-refractivity contribution in [1.29, 1.82) is 0 Å². The summed E-state index contributed by atoms with van der Waals surface area (Å²) >= 11 is 0. The fraction of sp³-hybridized carbons (Fsp3) is 0.368. The summed E-state index contributed by atoms with van der Waals surface area (Å²) in [5.41, 5.74) is 1.79. The molecule has 1 aromatic carbocycles. The summed E-state index contributed by atoms with van der Waals surface area (Å²) in [5, 5.41) is 4.14. The van der Waals surface area contributed by atoms with Crippen LogP contribution in [0.4, 0.5) is 0 Å². The third-order valence-electron chi connectivity index (χ3n) is 3.98. The first kappa shape index (κ1) is 19.4. The van der Waals surface area contributed by atoms with Gasteiger partial charge in [-0.25, -0.2) is 4.68 Å². The average Bonchev–Trinajstić information content (AvgIpc) is 2.64. The predicted octanol–water partition coefficient (Wildman–Crippen LogP) is 1.78. The van der Waals surface area contributed by atoms with Gasteiger partial charge in [-0.1, -0.05) is 31.2 Å². The minimum absolute atomic E-state index is 0.121. The van der Waals surface area contributed by atoms with Crippen LogP contribution in [-0.2, 0) is 22.6 Å². The summed E-state index contributed by atoms with van der Waals surface area (Å²) in [5.74, 6) is -0.947. The van der Waals surface area contributed by atoms with Crippen molar-refractivity contribution in [3.63, 3.8) is 0 Å². The summed E-state index contributed by atoms with van der Waals surface area (Å²) in [6.45, 7) is 4.34. The maximum atomic E-state index is 12.9. The number of amides is 1. The van der Waals surface area contributed by atoms with Gasteiger partial charge in [0.25, 0.3) is 11.5 Å². The fourth-order valence-corrected chi connectivity index (χ4v) is 2.51. The van der Waals surface area contributed by atoms with Crippen molar-refractivity contribution < 1.29 is 14.3 Å². The lowest BCUT2D eigenvalue weighted by molar-refractivity contribution is -0.141. The second kappa shape index (κ2) is 8.94. The molecule has 2 aromatic rings. The molecule has 0 aliphatic carbocycles. The van der Waals surface area contributed by atoms with Crippen molar-refractivity contribution in [2.45, 2.75) is 33.4 Å². The van der Waals surface area contributed by atoms with Crippen LogP contribution in [0.1, 0.15) is 35.0 Å². The van der Waals surface area contributed by atoms with E-state index in [1.807, 2.05) is 38.1 Å². The zero-order chi connectivity index (χ0) is 19.1. The van der Waals surface area contributed by atoms with Crippen LogP contribution in [0.15, 0.2) is 41.2 Å². The van der Waals surface area contributed by atoms with E-state index in [2.05, 4.69) is 5.10 Å². The van der Waals surface area contributed by atoms with Gasteiger partial charge in [0.05, 0.1) is 7.11 Å². The number of hydrogen-bond acceptors (Lipinski definition) is 5. The average molecular weight is 357 g/mol. The summed E-state index contributed by atoms with van der Waals surface area (Å²) < 4.78 is 5.97. The van der Waals surface area contributed by atoms with E-state index in [0.717, 1.165) is 17.5 Å².